The normalized spacial score (nSPS) is 14.7. The molecule has 96 valence electrons. The van der Waals surface area contributed by atoms with Gasteiger partial charge in [-0.15, -0.1) is 0 Å². The monoisotopic (exact) mass is 229 g/mol. The first kappa shape index (κ1) is 15.4. The van der Waals surface area contributed by atoms with Gasteiger partial charge >= 0.3 is 5.97 Å². The highest BCUT2D eigenvalue weighted by Crippen LogP contribution is 2.26. The molecule has 0 fully saturated rings. The zero-order chi connectivity index (χ0) is 13.0. The summed E-state index contributed by atoms with van der Waals surface area (Å²) in [5.74, 6) is -0.140. The molecule has 0 aromatic carbocycles. The minimum atomic E-state index is -0.302. The predicted molar refractivity (Wildman–Crippen MR) is 67.1 cm³/mol. The Labute approximate surface area is 99.7 Å². The van der Waals surface area contributed by atoms with Crippen LogP contribution in [0.4, 0.5) is 0 Å². The Balaban J connectivity index is 4.45. The first-order chi connectivity index (χ1) is 7.03. The van der Waals surface area contributed by atoms with Crippen molar-refractivity contribution in [3.8, 4) is 0 Å². The highest BCUT2D eigenvalue weighted by molar-refractivity contribution is 5.69. The molecule has 0 bridgehead atoms. The van der Waals surface area contributed by atoms with Crippen LogP contribution in [0.1, 0.15) is 60.8 Å². The third-order valence-electron chi connectivity index (χ3n) is 2.18. The van der Waals surface area contributed by atoms with E-state index in [4.69, 9.17) is 10.5 Å². The minimum Gasteiger partial charge on any atom is -0.462 e. The van der Waals surface area contributed by atoms with Crippen LogP contribution in [0.15, 0.2) is 0 Å². The molecule has 0 aliphatic rings. The highest BCUT2D eigenvalue weighted by atomic mass is 16.5. The average Bonchev–Trinajstić information content (AvgIpc) is 1.97. The van der Waals surface area contributed by atoms with Crippen molar-refractivity contribution in [3.63, 3.8) is 0 Å². The fourth-order valence-electron chi connectivity index (χ4n) is 1.69. The quantitative estimate of drug-likeness (QED) is 0.737. The van der Waals surface area contributed by atoms with E-state index in [1.807, 2.05) is 20.8 Å². The summed E-state index contributed by atoms with van der Waals surface area (Å²) in [4.78, 5) is 11.3. The molecule has 0 rings (SSSR count). The van der Waals surface area contributed by atoms with E-state index < -0.39 is 0 Å². The molecule has 0 aromatic rings. The van der Waals surface area contributed by atoms with Gasteiger partial charge in [-0.3, -0.25) is 4.79 Å². The molecule has 0 aliphatic carbocycles. The summed E-state index contributed by atoms with van der Waals surface area (Å²) in [5.41, 5.74) is 5.82. The van der Waals surface area contributed by atoms with Crippen molar-refractivity contribution >= 4 is 5.97 Å². The fourth-order valence-corrected chi connectivity index (χ4v) is 1.69. The molecule has 0 amide bonds. The van der Waals surface area contributed by atoms with Crippen LogP contribution in [0, 0.1) is 5.41 Å². The number of carbonyl (C=O) groups is 1. The van der Waals surface area contributed by atoms with Crippen molar-refractivity contribution in [2.24, 2.45) is 11.1 Å². The van der Waals surface area contributed by atoms with Crippen LogP contribution in [0.25, 0.3) is 0 Å². The number of hydrogen-bond acceptors (Lipinski definition) is 3. The SMILES string of the molecule is CCC(=O)OC(CC(C)(C)C)CC(C)(C)N. The maximum absolute atomic E-state index is 11.3. The van der Waals surface area contributed by atoms with Crippen LogP contribution in [0.5, 0.6) is 0 Å². The van der Waals surface area contributed by atoms with Gasteiger partial charge in [0.1, 0.15) is 6.10 Å². The molecule has 1 unspecified atom stereocenters. The Kier molecular flexibility index (Phi) is 5.47. The van der Waals surface area contributed by atoms with Crippen molar-refractivity contribution in [3.05, 3.63) is 0 Å². The molecular formula is C13H27NO2. The van der Waals surface area contributed by atoms with Gasteiger partial charge in [-0.05, 0) is 25.7 Å². The molecule has 0 saturated carbocycles. The Bertz CT molecular complexity index is 207. The topological polar surface area (TPSA) is 52.3 Å². The molecule has 0 aliphatic heterocycles. The Hall–Kier alpha value is -0.570. The molecule has 1 atom stereocenters. The summed E-state index contributed by atoms with van der Waals surface area (Å²) < 4.78 is 5.43. The maximum atomic E-state index is 11.3. The van der Waals surface area contributed by atoms with Gasteiger partial charge in [-0.1, -0.05) is 27.7 Å². The molecule has 0 heterocycles. The molecule has 0 aromatic heterocycles. The number of hydrogen-bond donors (Lipinski definition) is 1. The van der Waals surface area contributed by atoms with Gasteiger partial charge in [0.05, 0.1) is 0 Å². The summed E-state index contributed by atoms with van der Waals surface area (Å²) in [7, 11) is 0. The van der Waals surface area contributed by atoms with Crippen LogP contribution in [0.3, 0.4) is 0 Å². The number of nitrogens with two attached hydrogens (primary N) is 1. The zero-order valence-corrected chi connectivity index (χ0v) is 11.6. The molecule has 16 heavy (non-hydrogen) atoms. The largest absolute Gasteiger partial charge is 0.462 e. The maximum Gasteiger partial charge on any atom is 0.305 e. The van der Waals surface area contributed by atoms with E-state index in [9.17, 15) is 4.79 Å². The van der Waals surface area contributed by atoms with E-state index in [0.717, 1.165) is 6.42 Å². The second kappa shape index (κ2) is 5.67. The lowest BCUT2D eigenvalue weighted by molar-refractivity contribution is -0.150. The molecule has 2 N–H and O–H groups in total. The number of esters is 1. The minimum absolute atomic E-state index is 0.0764. The summed E-state index contributed by atoms with van der Waals surface area (Å²) in [6.07, 6.45) is 1.90. The molecule has 0 saturated heterocycles. The molecule has 0 spiro atoms. The van der Waals surface area contributed by atoms with E-state index in [2.05, 4.69) is 20.8 Å². The first-order valence-electron chi connectivity index (χ1n) is 6.02. The van der Waals surface area contributed by atoms with Crippen LogP contribution >= 0.6 is 0 Å². The average molecular weight is 229 g/mol. The number of ether oxygens (including phenoxy) is 1. The fraction of sp³-hybridized carbons (Fsp3) is 0.923. The third kappa shape index (κ3) is 8.72. The summed E-state index contributed by atoms with van der Waals surface area (Å²) in [6, 6.07) is 0. The van der Waals surface area contributed by atoms with Gasteiger partial charge in [-0.25, -0.2) is 0 Å². The second-order valence-corrected chi connectivity index (χ2v) is 6.42. The lowest BCUT2D eigenvalue weighted by atomic mass is 9.85. The van der Waals surface area contributed by atoms with Gasteiger partial charge in [0.25, 0.3) is 0 Å². The highest BCUT2D eigenvalue weighted by Gasteiger charge is 2.26. The molecule has 0 radical (unpaired) electrons. The van der Waals surface area contributed by atoms with E-state index in [1.165, 1.54) is 0 Å². The standard InChI is InChI=1S/C13H27NO2/c1-7-11(15)16-10(8-12(2,3)4)9-13(5,6)14/h10H,7-9,14H2,1-6H3. The molecular weight excluding hydrogens is 202 g/mol. The Morgan fingerprint density at radius 2 is 1.69 bits per heavy atom. The van der Waals surface area contributed by atoms with Crippen molar-refractivity contribution in [1.82, 2.24) is 0 Å². The first-order valence-corrected chi connectivity index (χ1v) is 6.02. The predicted octanol–water partition coefficient (Wildman–Crippen LogP) is 2.87. The van der Waals surface area contributed by atoms with E-state index in [0.29, 0.717) is 12.8 Å². The van der Waals surface area contributed by atoms with Gasteiger partial charge in [-0.2, -0.15) is 0 Å². The van der Waals surface area contributed by atoms with E-state index in [-0.39, 0.29) is 23.0 Å². The van der Waals surface area contributed by atoms with Crippen molar-refractivity contribution in [2.45, 2.75) is 72.4 Å². The van der Waals surface area contributed by atoms with Gasteiger partial charge < -0.3 is 10.5 Å². The Morgan fingerprint density at radius 3 is 2.00 bits per heavy atom. The Morgan fingerprint density at radius 1 is 1.19 bits per heavy atom. The van der Waals surface area contributed by atoms with Crippen LogP contribution in [0.2, 0.25) is 0 Å². The zero-order valence-electron chi connectivity index (χ0n) is 11.6. The number of rotatable bonds is 5. The summed E-state index contributed by atoms with van der Waals surface area (Å²) in [6.45, 7) is 12.2. The molecule has 3 heteroatoms. The van der Waals surface area contributed by atoms with Gasteiger partial charge in [0.15, 0.2) is 0 Å². The summed E-state index contributed by atoms with van der Waals surface area (Å²) >= 11 is 0. The molecule has 3 nitrogen and oxygen atoms in total. The smallest absolute Gasteiger partial charge is 0.305 e. The van der Waals surface area contributed by atoms with Gasteiger partial charge in [0, 0.05) is 18.4 Å². The number of carbonyl (C=O) groups excluding carboxylic acids is 1. The van der Waals surface area contributed by atoms with Crippen LogP contribution in [-0.4, -0.2) is 17.6 Å². The van der Waals surface area contributed by atoms with E-state index in [1.54, 1.807) is 0 Å². The van der Waals surface area contributed by atoms with Crippen LogP contribution < -0.4 is 5.73 Å². The van der Waals surface area contributed by atoms with Crippen molar-refractivity contribution in [1.29, 1.82) is 0 Å². The third-order valence-corrected chi connectivity index (χ3v) is 2.18. The van der Waals surface area contributed by atoms with Crippen molar-refractivity contribution < 1.29 is 9.53 Å². The van der Waals surface area contributed by atoms with Gasteiger partial charge in [0.2, 0.25) is 0 Å². The lowest BCUT2D eigenvalue weighted by Crippen LogP contribution is -2.39. The lowest BCUT2D eigenvalue weighted by Gasteiger charge is -2.30. The van der Waals surface area contributed by atoms with Crippen molar-refractivity contribution in [2.75, 3.05) is 0 Å². The van der Waals surface area contributed by atoms with E-state index >= 15 is 0 Å². The summed E-state index contributed by atoms with van der Waals surface area (Å²) in [5, 5.41) is 0. The second-order valence-electron chi connectivity index (χ2n) is 6.42. The van der Waals surface area contributed by atoms with Crippen LogP contribution in [-0.2, 0) is 9.53 Å².